The third kappa shape index (κ3) is 4.79. The number of hydrogen-bond donors (Lipinski definition) is 1. The molecule has 0 saturated carbocycles. The number of nitrogens with zero attached hydrogens (tertiary/aromatic N) is 2. The molecule has 1 fully saturated rings. The number of piperidine rings is 1. The fourth-order valence-corrected chi connectivity index (χ4v) is 4.15. The largest absolute Gasteiger partial charge is 0.371 e. The molecule has 0 bridgehead atoms. The summed E-state index contributed by atoms with van der Waals surface area (Å²) in [6.45, 7) is 4.49. The van der Waals surface area contributed by atoms with Gasteiger partial charge >= 0.3 is 0 Å². The van der Waals surface area contributed by atoms with Crippen LogP contribution in [0.1, 0.15) is 25.3 Å². The lowest BCUT2D eigenvalue weighted by molar-refractivity contribution is 0.375. The fourth-order valence-electron chi connectivity index (χ4n) is 4.15. The molecule has 1 N–H and O–H groups in total. The molecule has 28 heavy (non-hydrogen) atoms. The molecule has 1 aromatic heterocycles. The molecule has 0 amide bonds. The Hall–Kier alpha value is -2.65. The van der Waals surface area contributed by atoms with Crippen LogP contribution in [0.2, 0.25) is 0 Å². The summed E-state index contributed by atoms with van der Waals surface area (Å²) >= 11 is 0. The van der Waals surface area contributed by atoms with E-state index < -0.39 is 0 Å². The molecule has 144 valence electrons. The monoisotopic (exact) mass is 371 g/mol. The van der Waals surface area contributed by atoms with Gasteiger partial charge in [-0.3, -0.25) is 4.98 Å². The summed E-state index contributed by atoms with van der Waals surface area (Å²) in [5.41, 5.74) is 5.22. The van der Waals surface area contributed by atoms with Gasteiger partial charge in [0.1, 0.15) is 0 Å². The topological polar surface area (TPSA) is 28.2 Å². The van der Waals surface area contributed by atoms with Gasteiger partial charge in [0.25, 0.3) is 0 Å². The zero-order valence-electron chi connectivity index (χ0n) is 16.6. The summed E-state index contributed by atoms with van der Waals surface area (Å²) in [4.78, 5) is 6.75. The lowest BCUT2D eigenvalue weighted by Crippen LogP contribution is -2.46. The number of aromatic nitrogens is 1. The van der Waals surface area contributed by atoms with Crippen molar-refractivity contribution in [1.29, 1.82) is 0 Å². The first-order valence-electron chi connectivity index (χ1n) is 10.3. The van der Waals surface area contributed by atoms with Crippen LogP contribution in [0.25, 0.3) is 11.1 Å². The van der Waals surface area contributed by atoms with Crippen LogP contribution in [0, 0.1) is 0 Å². The van der Waals surface area contributed by atoms with Crippen LogP contribution in [0.5, 0.6) is 0 Å². The van der Waals surface area contributed by atoms with Gasteiger partial charge in [0.15, 0.2) is 0 Å². The third-order valence-corrected chi connectivity index (χ3v) is 5.60. The van der Waals surface area contributed by atoms with E-state index in [1.54, 1.807) is 0 Å². The minimum Gasteiger partial charge on any atom is -0.371 e. The lowest BCUT2D eigenvalue weighted by Gasteiger charge is -2.35. The van der Waals surface area contributed by atoms with Crippen molar-refractivity contribution in [3.8, 4) is 11.1 Å². The van der Waals surface area contributed by atoms with Gasteiger partial charge < -0.3 is 10.2 Å². The van der Waals surface area contributed by atoms with Crippen LogP contribution >= 0.6 is 0 Å². The summed E-state index contributed by atoms with van der Waals surface area (Å²) in [6, 6.07) is 24.8. The van der Waals surface area contributed by atoms with E-state index in [1.165, 1.54) is 35.2 Å². The van der Waals surface area contributed by atoms with E-state index in [9.17, 15) is 0 Å². The third-order valence-electron chi connectivity index (χ3n) is 5.60. The number of benzene rings is 2. The average Bonchev–Trinajstić information content (AvgIpc) is 2.76. The summed E-state index contributed by atoms with van der Waals surface area (Å²) in [6.07, 6.45) is 7.22. The van der Waals surface area contributed by atoms with Gasteiger partial charge in [0.05, 0.1) is 0 Å². The molecule has 0 aliphatic carbocycles. The SMILES string of the molecule is C[C@@H](Cc1cccnc1)NC1CCN(c2cccc(-c3ccccc3)c2)CC1. The fraction of sp³-hybridized carbons (Fsp3) is 0.320. The van der Waals surface area contributed by atoms with E-state index in [1.807, 2.05) is 18.5 Å². The highest BCUT2D eigenvalue weighted by molar-refractivity contribution is 5.68. The highest BCUT2D eigenvalue weighted by Gasteiger charge is 2.21. The quantitative estimate of drug-likeness (QED) is 0.665. The molecule has 0 unspecified atom stereocenters. The maximum Gasteiger partial charge on any atom is 0.0372 e. The van der Waals surface area contributed by atoms with Gasteiger partial charge in [-0.2, -0.15) is 0 Å². The Morgan fingerprint density at radius 3 is 2.50 bits per heavy atom. The number of pyridine rings is 1. The molecule has 3 nitrogen and oxygen atoms in total. The van der Waals surface area contributed by atoms with Gasteiger partial charge in [-0.1, -0.05) is 48.5 Å². The Morgan fingerprint density at radius 1 is 0.964 bits per heavy atom. The van der Waals surface area contributed by atoms with Crippen LogP contribution in [-0.4, -0.2) is 30.2 Å². The predicted octanol–water partition coefficient (Wildman–Crippen LogP) is 4.94. The van der Waals surface area contributed by atoms with Crippen molar-refractivity contribution in [2.24, 2.45) is 0 Å². The second kappa shape index (κ2) is 9.03. The Labute approximate surface area is 168 Å². The molecule has 4 rings (SSSR count). The van der Waals surface area contributed by atoms with Crippen molar-refractivity contribution in [3.63, 3.8) is 0 Å². The smallest absolute Gasteiger partial charge is 0.0372 e. The highest BCUT2D eigenvalue weighted by atomic mass is 15.1. The molecule has 2 heterocycles. The van der Waals surface area contributed by atoms with Crippen LogP contribution in [0.4, 0.5) is 5.69 Å². The van der Waals surface area contributed by atoms with Gasteiger partial charge in [0, 0.05) is 43.3 Å². The molecule has 1 atom stereocenters. The molecule has 1 saturated heterocycles. The van der Waals surface area contributed by atoms with Crippen LogP contribution in [-0.2, 0) is 6.42 Å². The van der Waals surface area contributed by atoms with E-state index in [2.05, 4.69) is 82.8 Å². The molecule has 0 spiro atoms. The zero-order chi connectivity index (χ0) is 19.2. The van der Waals surface area contributed by atoms with Gasteiger partial charge in [-0.25, -0.2) is 0 Å². The van der Waals surface area contributed by atoms with Crippen molar-refractivity contribution in [1.82, 2.24) is 10.3 Å². The van der Waals surface area contributed by atoms with E-state index in [0.29, 0.717) is 12.1 Å². The molecule has 0 radical (unpaired) electrons. The Kier molecular flexibility index (Phi) is 6.03. The first kappa shape index (κ1) is 18.7. The Morgan fingerprint density at radius 2 is 1.75 bits per heavy atom. The van der Waals surface area contributed by atoms with Gasteiger partial charge in [0.2, 0.25) is 0 Å². The van der Waals surface area contributed by atoms with Crippen molar-refractivity contribution < 1.29 is 0 Å². The van der Waals surface area contributed by atoms with Crippen LogP contribution in [0.3, 0.4) is 0 Å². The number of hydrogen-bond acceptors (Lipinski definition) is 3. The second-order valence-corrected chi connectivity index (χ2v) is 7.81. The van der Waals surface area contributed by atoms with E-state index >= 15 is 0 Å². The van der Waals surface area contributed by atoms with Crippen molar-refractivity contribution in [2.45, 2.75) is 38.3 Å². The molecule has 2 aromatic carbocycles. The lowest BCUT2D eigenvalue weighted by atomic mass is 10.0. The van der Waals surface area contributed by atoms with Crippen LogP contribution < -0.4 is 10.2 Å². The summed E-state index contributed by atoms with van der Waals surface area (Å²) in [7, 11) is 0. The number of nitrogens with one attached hydrogen (secondary N) is 1. The minimum atomic E-state index is 0.474. The second-order valence-electron chi connectivity index (χ2n) is 7.81. The van der Waals surface area contributed by atoms with E-state index in [-0.39, 0.29) is 0 Å². The summed E-state index contributed by atoms with van der Waals surface area (Å²) in [5, 5.41) is 3.82. The number of anilines is 1. The highest BCUT2D eigenvalue weighted by Crippen LogP contribution is 2.26. The molecule has 1 aliphatic heterocycles. The Balaban J connectivity index is 1.32. The first-order chi connectivity index (χ1) is 13.8. The molecule has 3 aromatic rings. The molecule has 1 aliphatic rings. The van der Waals surface area contributed by atoms with Crippen molar-refractivity contribution in [2.75, 3.05) is 18.0 Å². The van der Waals surface area contributed by atoms with E-state index in [4.69, 9.17) is 0 Å². The van der Waals surface area contributed by atoms with Gasteiger partial charge in [-0.05, 0) is 61.1 Å². The summed E-state index contributed by atoms with van der Waals surface area (Å²) in [5.74, 6) is 0. The number of rotatable bonds is 6. The van der Waals surface area contributed by atoms with Crippen molar-refractivity contribution >= 4 is 5.69 Å². The minimum absolute atomic E-state index is 0.474. The van der Waals surface area contributed by atoms with Gasteiger partial charge in [-0.15, -0.1) is 0 Å². The van der Waals surface area contributed by atoms with Crippen molar-refractivity contribution in [3.05, 3.63) is 84.7 Å². The van der Waals surface area contributed by atoms with E-state index in [0.717, 1.165) is 19.5 Å². The molecule has 3 heteroatoms. The first-order valence-corrected chi connectivity index (χ1v) is 10.3. The average molecular weight is 372 g/mol. The zero-order valence-corrected chi connectivity index (χ0v) is 16.6. The molecular formula is C25H29N3. The molecular weight excluding hydrogens is 342 g/mol. The summed E-state index contributed by atoms with van der Waals surface area (Å²) < 4.78 is 0. The standard InChI is InChI=1S/C25H29N3/c1-20(17-21-7-6-14-26-19-21)27-24-12-15-28(16-13-24)25-11-5-10-23(18-25)22-8-3-2-4-9-22/h2-11,14,18-20,24,27H,12-13,15-17H2,1H3/t20-/m0/s1. The Bertz CT molecular complexity index is 855. The maximum absolute atomic E-state index is 4.22. The predicted molar refractivity (Wildman–Crippen MR) is 118 cm³/mol. The van der Waals surface area contributed by atoms with Crippen LogP contribution in [0.15, 0.2) is 79.1 Å². The maximum atomic E-state index is 4.22. The normalized spacial score (nSPS) is 16.1.